The molecule has 34 heavy (non-hydrogen) atoms. The third kappa shape index (κ3) is 5.71. The zero-order chi connectivity index (χ0) is 23.6. The summed E-state index contributed by atoms with van der Waals surface area (Å²) in [7, 11) is -3.23. The second kappa shape index (κ2) is 11.6. The van der Waals surface area contributed by atoms with Crippen molar-refractivity contribution in [3.8, 4) is 0 Å². The van der Waals surface area contributed by atoms with Crippen molar-refractivity contribution in [3.05, 3.63) is 139 Å². The maximum Gasteiger partial charge on any atom is 0.153 e. The number of allylic oxidation sites excluding steroid dienone is 1. The van der Waals surface area contributed by atoms with Crippen molar-refractivity contribution >= 4 is 29.6 Å². The predicted molar refractivity (Wildman–Crippen MR) is 143 cm³/mol. The number of Topliss-reactive ketones (excluding diaryl/α,β-unsaturated/α-hetero) is 1. The van der Waals surface area contributed by atoms with Crippen molar-refractivity contribution in [2.75, 3.05) is 0 Å². The molecule has 4 aromatic carbocycles. The zero-order valence-corrected chi connectivity index (χ0v) is 20.1. The van der Waals surface area contributed by atoms with Gasteiger partial charge in [-0.25, -0.2) is 0 Å². The molecule has 0 spiro atoms. The van der Waals surface area contributed by atoms with E-state index in [4.69, 9.17) is 0 Å². The van der Waals surface area contributed by atoms with Crippen LogP contribution in [0.1, 0.15) is 24.0 Å². The SMILES string of the molecule is O=C(CCc1ccccc1)C(CC=Cc1ccccc1)P(=O)(c1ccccc1)c1ccccc1. The standard InChI is InChI=1S/C31H29O2P/c32-30(25-24-27-16-7-2-8-17-27)31(23-13-18-26-14-5-1-6-15-26)34(33,28-19-9-3-10-20-28)29-21-11-4-12-22-29/h1-22,31H,23-25H2. The molecule has 0 saturated heterocycles. The first-order valence-electron chi connectivity index (χ1n) is 11.7. The Morgan fingerprint density at radius 2 is 1.15 bits per heavy atom. The average Bonchev–Trinajstić information content (AvgIpc) is 2.91. The van der Waals surface area contributed by atoms with Crippen molar-refractivity contribution in [1.29, 1.82) is 0 Å². The fraction of sp³-hybridized carbons (Fsp3) is 0.129. The molecule has 2 nitrogen and oxygen atoms in total. The molecule has 0 aliphatic carbocycles. The van der Waals surface area contributed by atoms with Gasteiger partial charge in [0.1, 0.15) is 5.78 Å². The first-order valence-corrected chi connectivity index (χ1v) is 13.4. The van der Waals surface area contributed by atoms with E-state index in [-0.39, 0.29) is 5.78 Å². The Morgan fingerprint density at radius 3 is 1.68 bits per heavy atom. The summed E-state index contributed by atoms with van der Waals surface area (Å²) in [5, 5.41) is 1.46. The zero-order valence-electron chi connectivity index (χ0n) is 19.2. The summed E-state index contributed by atoms with van der Waals surface area (Å²) >= 11 is 0. The Balaban J connectivity index is 1.71. The molecule has 0 N–H and O–H groups in total. The molecule has 1 unspecified atom stereocenters. The fourth-order valence-electron chi connectivity index (χ4n) is 4.27. The van der Waals surface area contributed by atoms with Crippen LogP contribution >= 0.6 is 7.14 Å². The quantitative estimate of drug-likeness (QED) is 0.246. The largest absolute Gasteiger partial charge is 0.313 e. The van der Waals surface area contributed by atoms with Crippen molar-refractivity contribution in [2.45, 2.75) is 24.9 Å². The third-order valence-corrected chi connectivity index (χ3v) is 9.57. The van der Waals surface area contributed by atoms with Crippen molar-refractivity contribution < 1.29 is 9.36 Å². The van der Waals surface area contributed by atoms with Crippen molar-refractivity contribution in [2.24, 2.45) is 0 Å². The summed E-state index contributed by atoms with van der Waals surface area (Å²) in [4.78, 5) is 13.7. The van der Waals surface area contributed by atoms with Gasteiger partial charge in [0, 0.05) is 17.0 Å². The minimum Gasteiger partial charge on any atom is -0.313 e. The number of carbonyl (C=O) groups excluding carboxylic acids is 1. The molecular formula is C31H29O2P. The van der Waals surface area contributed by atoms with Crippen molar-refractivity contribution in [1.82, 2.24) is 0 Å². The normalized spacial score (nSPS) is 12.5. The number of hydrogen-bond donors (Lipinski definition) is 0. The molecule has 4 aromatic rings. The van der Waals surface area contributed by atoms with E-state index in [2.05, 4.69) is 0 Å². The third-order valence-electron chi connectivity index (χ3n) is 6.06. The van der Waals surface area contributed by atoms with E-state index in [9.17, 15) is 9.36 Å². The topological polar surface area (TPSA) is 34.1 Å². The molecule has 0 fully saturated rings. The monoisotopic (exact) mass is 464 g/mol. The second-order valence-electron chi connectivity index (χ2n) is 8.35. The Bertz CT molecular complexity index is 1210. The Hall–Kier alpha value is -3.48. The Morgan fingerprint density at radius 1 is 0.676 bits per heavy atom. The summed E-state index contributed by atoms with van der Waals surface area (Å²) in [5.41, 5.74) is 1.55. The highest BCUT2D eigenvalue weighted by molar-refractivity contribution is 7.80. The van der Waals surface area contributed by atoms with Gasteiger partial charge >= 0.3 is 0 Å². The van der Waals surface area contributed by atoms with Crippen LogP contribution in [0.15, 0.2) is 127 Å². The van der Waals surface area contributed by atoms with E-state index >= 15 is 0 Å². The van der Waals surface area contributed by atoms with Crippen molar-refractivity contribution in [3.63, 3.8) is 0 Å². The van der Waals surface area contributed by atoms with Crippen LogP contribution in [-0.2, 0) is 15.8 Å². The second-order valence-corrected chi connectivity index (χ2v) is 11.3. The van der Waals surface area contributed by atoms with E-state index in [1.165, 1.54) is 0 Å². The maximum absolute atomic E-state index is 15.0. The summed E-state index contributed by atoms with van der Waals surface area (Å²) < 4.78 is 15.0. The first-order chi connectivity index (χ1) is 16.7. The van der Waals surface area contributed by atoms with Crippen LogP contribution in [0.2, 0.25) is 0 Å². The molecule has 0 heterocycles. The number of hydrogen-bond acceptors (Lipinski definition) is 2. The van der Waals surface area contributed by atoms with Gasteiger partial charge in [-0.2, -0.15) is 0 Å². The summed E-state index contributed by atoms with van der Waals surface area (Å²) in [6.45, 7) is 0. The molecule has 170 valence electrons. The van der Waals surface area contributed by atoms with Gasteiger partial charge in [-0.3, -0.25) is 4.79 Å². The number of benzene rings is 4. The van der Waals surface area contributed by atoms with Crippen LogP contribution in [0, 0.1) is 0 Å². The molecule has 0 radical (unpaired) electrons. The van der Waals surface area contributed by atoms with Gasteiger partial charge < -0.3 is 4.57 Å². The molecule has 0 amide bonds. The lowest BCUT2D eigenvalue weighted by Crippen LogP contribution is -2.32. The van der Waals surface area contributed by atoms with Gasteiger partial charge in [0.25, 0.3) is 0 Å². The number of aryl methyl sites for hydroxylation is 1. The molecule has 3 heteroatoms. The summed E-state index contributed by atoms with van der Waals surface area (Å²) in [6.07, 6.45) is 5.43. The lowest BCUT2D eigenvalue weighted by atomic mass is 10.0. The summed E-state index contributed by atoms with van der Waals surface area (Å²) in [5.74, 6) is 0.0394. The van der Waals surface area contributed by atoms with Crippen LogP contribution in [0.3, 0.4) is 0 Å². The summed E-state index contributed by atoms with van der Waals surface area (Å²) in [6, 6.07) is 39.0. The van der Waals surface area contributed by atoms with Crippen LogP contribution in [0.25, 0.3) is 6.08 Å². The fourth-order valence-corrected chi connectivity index (χ4v) is 7.47. The molecule has 0 aromatic heterocycles. The molecule has 1 atom stereocenters. The van der Waals surface area contributed by atoms with Gasteiger partial charge in [-0.1, -0.05) is 133 Å². The number of rotatable bonds is 10. The van der Waals surface area contributed by atoms with Gasteiger partial charge in [-0.05, 0) is 24.0 Å². The lowest BCUT2D eigenvalue weighted by molar-refractivity contribution is -0.118. The minimum absolute atomic E-state index is 0.0394. The first kappa shape index (κ1) is 23.7. The molecule has 0 saturated carbocycles. The highest BCUT2D eigenvalue weighted by Crippen LogP contribution is 2.51. The van der Waals surface area contributed by atoms with E-state index in [1.54, 1.807) is 0 Å². The minimum atomic E-state index is -3.23. The highest BCUT2D eigenvalue weighted by Gasteiger charge is 2.40. The van der Waals surface area contributed by atoms with Gasteiger partial charge in [0.2, 0.25) is 0 Å². The van der Waals surface area contributed by atoms with Gasteiger partial charge in [0.15, 0.2) is 7.14 Å². The smallest absolute Gasteiger partial charge is 0.153 e. The Kier molecular flexibility index (Phi) is 8.07. The van der Waals surface area contributed by atoms with Crippen LogP contribution in [0.4, 0.5) is 0 Å². The maximum atomic E-state index is 15.0. The predicted octanol–water partition coefficient (Wildman–Crippen LogP) is 6.67. The number of carbonyl (C=O) groups is 1. The van der Waals surface area contributed by atoms with E-state index < -0.39 is 12.8 Å². The Labute approximate surface area is 202 Å². The van der Waals surface area contributed by atoms with E-state index in [0.717, 1.165) is 21.7 Å². The number of ketones is 1. The van der Waals surface area contributed by atoms with Crippen LogP contribution in [-0.4, -0.2) is 11.4 Å². The van der Waals surface area contributed by atoms with E-state index in [1.807, 2.05) is 133 Å². The van der Waals surface area contributed by atoms with Gasteiger partial charge in [0.05, 0.1) is 5.66 Å². The van der Waals surface area contributed by atoms with Crippen LogP contribution in [0.5, 0.6) is 0 Å². The molecule has 0 aliphatic rings. The molecule has 4 rings (SSSR count). The molecule has 0 aliphatic heterocycles. The highest BCUT2D eigenvalue weighted by atomic mass is 31.2. The molecular weight excluding hydrogens is 435 g/mol. The van der Waals surface area contributed by atoms with Gasteiger partial charge in [-0.15, -0.1) is 0 Å². The lowest BCUT2D eigenvalue weighted by Gasteiger charge is -2.27. The van der Waals surface area contributed by atoms with Crippen LogP contribution < -0.4 is 10.6 Å². The molecule has 0 bridgehead atoms. The average molecular weight is 465 g/mol. The van der Waals surface area contributed by atoms with E-state index in [0.29, 0.717) is 19.3 Å².